The van der Waals surface area contributed by atoms with E-state index in [0.29, 0.717) is 22.5 Å². The van der Waals surface area contributed by atoms with E-state index in [1.807, 2.05) is 31.3 Å². The van der Waals surface area contributed by atoms with Crippen molar-refractivity contribution in [2.45, 2.75) is 6.54 Å². The van der Waals surface area contributed by atoms with Crippen LogP contribution in [0.2, 0.25) is 0 Å². The Morgan fingerprint density at radius 1 is 1.23 bits per heavy atom. The van der Waals surface area contributed by atoms with E-state index in [9.17, 15) is 0 Å². The number of anilines is 1. The molecule has 0 aliphatic carbocycles. The second-order valence-corrected chi connectivity index (χ2v) is 6.04. The standard InChI is InChI=1S/C20H23N5S/c1-25-11-14-4-2-3-13(7-14)8-19(23)20(24)17-9-15(5-6-18(17)22)16(10-21)12-26/h2-10,12,21,24-26H,11,22-23H2,1H3/b16-12+,19-8-,21-10?,24-20?. The zero-order valence-electron chi connectivity index (χ0n) is 14.6. The van der Waals surface area contributed by atoms with E-state index in [-0.39, 0.29) is 5.71 Å². The predicted octanol–water partition coefficient (Wildman–Crippen LogP) is 3.28. The molecule has 0 fully saturated rings. The normalized spacial score (nSPS) is 12.1. The molecule has 7 N–H and O–H groups in total. The molecule has 26 heavy (non-hydrogen) atoms. The van der Waals surface area contributed by atoms with Crippen LogP contribution >= 0.6 is 12.6 Å². The molecule has 2 aromatic rings. The Bertz CT molecular complexity index is 884. The number of allylic oxidation sites excluding steroid dienone is 2. The highest BCUT2D eigenvalue weighted by Gasteiger charge is 2.11. The minimum atomic E-state index is 0.145. The Hall–Kier alpha value is -2.83. The molecule has 0 amide bonds. The predicted molar refractivity (Wildman–Crippen MR) is 115 cm³/mol. The first-order valence-electron chi connectivity index (χ1n) is 8.05. The topological polar surface area (TPSA) is 112 Å². The second-order valence-electron chi connectivity index (χ2n) is 5.78. The van der Waals surface area contributed by atoms with Gasteiger partial charge in [-0.05, 0) is 47.4 Å². The largest absolute Gasteiger partial charge is 0.398 e. The summed E-state index contributed by atoms with van der Waals surface area (Å²) in [6.45, 7) is 0.760. The Balaban J connectivity index is 2.37. The molecule has 0 atom stereocenters. The molecule has 0 saturated carbocycles. The Kier molecular flexibility index (Phi) is 6.77. The third kappa shape index (κ3) is 4.62. The van der Waals surface area contributed by atoms with Gasteiger partial charge in [0.15, 0.2) is 0 Å². The lowest BCUT2D eigenvalue weighted by atomic mass is 9.98. The highest BCUT2D eigenvalue weighted by atomic mass is 32.1. The molecular formula is C20H23N5S. The van der Waals surface area contributed by atoms with Crippen LogP contribution in [-0.4, -0.2) is 19.0 Å². The molecule has 0 heterocycles. The molecule has 2 rings (SSSR count). The van der Waals surface area contributed by atoms with Gasteiger partial charge in [0, 0.05) is 29.6 Å². The first-order valence-corrected chi connectivity index (χ1v) is 8.56. The Labute approximate surface area is 159 Å². The molecule has 0 aliphatic rings. The van der Waals surface area contributed by atoms with Crippen molar-refractivity contribution in [2.75, 3.05) is 12.8 Å². The quantitative estimate of drug-likeness (QED) is 0.257. The molecule has 0 unspecified atom stereocenters. The molecular weight excluding hydrogens is 342 g/mol. The van der Waals surface area contributed by atoms with Crippen LogP contribution in [0.3, 0.4) is 0 Å². The number of hydrogen-bond donors (Lipinski definition) is 6. The van der Waals surface area contributed by atoms with Crippen molar-refractivity contribution in [1.29, 1.82) is 10.8 Å². The van der Waals surface area contributed by atoms with Crippen LogP contribution in [0.1, 0.15) is 22.3 Å². The van der Waals surface area contributed by atoms with Gasteiger partial charge >= 0.3 is 0 Å². The summed E-state index contributed by atoms with van der Waals surface area (Å²) in [4.78, 5) is 0. The molecule has 0 bridgehead atoms. The average molecular weight is 366 g/mol. The van der Waals surface area contributed by atoms with Crippen molar-refractivity contribution in [3.05, 3.63) is 75.8 Å². The van der Waals surface area contributed by atoms with Crippen LogP contribution < -0.4 is 16.8 Å². The average Bonchev–Trinajstić information content (AvgIpc) is 2.64. The number of hydrogen-bond acceptors (Lipinski definition) is 6. The van der Waals surface area contributed by atoms with Gasteiger partial charge in [0.2, 0.25) is 0 Å². The van der Waals surface area contributed by atoms with E-state index in [1.54, 1.807) is 29.7 Å². The van der Waals surface area contributed by atoms with Gasteiger partial charge in [-0.25, -0.2) is 0 Å². The molecule has 0 radical (unpaired) electrons. The highest BCUT2D eigenvalue weighted by Crippen LogP contribution is 2.22. The van der Waals surface area contributed by atoms with Crippen LogP contribution in [0, 0.1) is 10.8 Å². The maximum Gasteiger partial charge on any atom is 0.0862 e. The zero-order valence-corrected chi connectivity index (χ0v) is 15.5. The van der Waals surface area contributed by atoms with E-state index >= 15 is 0 Å². The number of thiol groups is 1. The summed E-state index contributed by atoms with van der Waals surface area (Å²) in [5, 5.41) is 20.5. The van der Waals surface area contributed by atoms with Crippen LogP contribution in [0.15, 0.2) is 53.6 Å². The number of nitrogens with one attached hydrogen (secondary N) is 3. The summed E-state index contributed by atoms with van der Waals surface area (Å²) in [6, 6.07) is 13.2. The number of benzene rings is 2. The maximum absolute atomic E-state index is 8.43. The van der Waals surface area contributed by atoms with E-state index < -0.39 is 0 Å². The molecule has 0 aromatic heterocycles. The fraction of sp³-hybridized carbons (Fsp3) is 0.100. The van der Waals surface area contributed by atoms with Gasteiger partial charge in [-0.15, -0.1) is 0 Å². The molecule has 5 nitrogen and oxygen atoms in total. The van der Waals surface area contributed by atoms with E-state index in [0.717, 1.165) is 23.2 Å². The van der Waals surface area contributed by atoms with Crippen LogP contribution in [-0.2, 0) is 6.54 Å². The van der Waals surface area contributed by atoms with Gasteiger partial charge in [-0.3, -0.25) is 5.41 Å². The fourth-order valence-corrected chi connectivity index (χ4v) is 2.78. The number of rotatable bonds is 7. The number of nitrogens with two attached hydrogens (primary N) is 2. The molecule has 134 valence electrons. The fourth-order valence-electron chi connectivity index (χ4n) is 2.55. The van der Waals surface area contributed by atoms with Gasteiger partial charge < -0.3 is 22.2 Å². The molecule has 0 saturated heterocycles. The van der Waals surface area contributed by atoms with Crippen molar-refractivity contribution >= 4 is 41.9 Å². The third-order valence-electron chi connectivity index (χ3n) is 3.89. The molecule has 0 aliphatic heterocycles. The smallest absolute Gasteiger partial charge is 0.0862 e. The van der Waals surface area contributed by atoms with Crippen molar-refractivity contribution in [3.63, 3.8) is 0 Å². The molecule has 2 aromatic carbocycles. The summed E-state index contributed by atoms with van der Waals surface area (Å²) in [6.07, 6.45) is 2.97. The van der Waals surface area contributed by atoms with Crippen molar-refractivity contribution in [3.8, 4) is 0 Å². The lowest BCUT2D eigenvalue weighted by Crippen LogP contribution is -2.14. The minimum Gasteiger partial charge on any atom is -0.398 e. The van der Waals surface area contributed by atoms with Crippen LogP contribution in [0.5, 0.6) is 0 Å². The first kappa shape index (κ1) is 19.5. The lowest BCUT2D eigenvalue weighted by molar-refractivity contribution is 0.818. The van der Waals surface area contributed by atoms with Gasteiger partial charge in [0.25, 0.3) is 0 Å². The monoisotopic (exact) mass is 365 g/mol. The van der Waals surface area contributed by atoms with Gasteiger partial charge in [0.05, 0.1) is 11.4 Å². The first-order chi connectivity index (χ1) is 12.5. The summed E-state index contributed by atoms with van der Waals surface area (Å²) < 4.78 is 0. The summed E-state index contributed by atoms with van der Waals surface area (Å²) in [5.41, 5.74) is 17.1. The van der Waals surface area contributed by atoms with E-state index in [1.165, 1.54) is 6.21 Å². The van der Waals surface area contributed by atoms with Crippen LogP contribution in [0.4, 0.5) is 5.69 Å². The van der Waals surface area contributed by atoms with Crippen molar-refractivity contribution in [1.82, 2.24) is 5.32 Å². The lowest BCUT2D eigenvalue weighted by Gasteiger charge is -2.11. The molecule has 0 spiro atoms. The van der Waals surface area contributed by atoms with Gasteiger partial charge in [-0.2, -0.15) is 12.6 Å². The SMILES string of the molecule is CNCc1cccc(/C=C(\N)C(=N)c2cc(/C(C=N)=C/S)ccc2N)c1. The second kappa shape index (κ2) is 9.03. The summed E-state index contributed by atoms with van der Waals surface area (Å²) >= 11 is 4.11. The number of nitrogen functional groups attached to an aromatic ring is 1. The van der Waals surface area contributed by atoms with E-state index in [2.05, 4.69) is 17.9 Å². The third-order valence-corrected chi connectivity index (χ3v) is 4.17. The van der Waals surface area contributed by atoms with Crippen LogP contribution in [0.25, 0.3) is 11.6 Å². The minimum absolute atomic E-state index is 0.145. The zero-order chi connectivity index (χ0) is 19.1. The Morgan fingerprint density at radius 2 is 2.00 bits per heavy atom. The molecule has 6 heteroatoms. The summed E-state index contributed by atoms with van der Waals surface area (Å²) in [7, 11) is 1.89. The van der Waals surface area contributed by atoms with Crippen molar-refractivity contribution < 1.29 is 0 Å². The van der Waals surface area contributed by atoms with Gasteiger partial charge in [0.1, 0.15) is 0 Å². The van der Waals surface area contributed by atoms with Crippen molar-refractivity contribution in [2.24, 2.45) is 5.73 Å². The maximum atomic E-state index is 8.43. The van der Waals surface area contributed by atoms with E-state index in [4.69, 9.17) is 22.3 Å². The Morgan fingerprint density at radius 3 is 2.65 bits per heavy atom. The highest BCUT2D eigenvalue weighted by molar-refractivity contribution is 7.83. The summed E-state index contributed by atoms with van der Waals surface area (Å²) in [5.74, 6) is 0. The van der Waals surface area contributed by atoms with Gasteiger partial charge in [-0.1, -0.05) is 30.3 Å².